The number of hydrogen-bond donors (Lipinski definition) is 3. The molecular formula is C21H23Cl2N5OS. The molecule has 2 aromatic heterocycles. The van der Waals surface area contributed by atoms with Crippen molar-refractivity contribution < 1.29 is 4.79 Å². The lowest BCUT2D eigenvalue weighted by Gasteiger charge is -2.19. The number of carbonyl (C=O) groups excluding carboxylic acids is 1. The van der Waals surface area contributed by atoms with Gasteiger partial charge in [-0.2, -0.15) is 0 Å². The maximum absolute atomic E-state index is 12.9. The van der Waals surface area contributed by atoms with Crippen LogP contribution in [0.3, 0.4) is 0 Å². The minimum absolute atomic E-state index is 0.0656. The molecule has 0 saturated heterocycles. The number of nitrogens with zero attached hydrogens (tertiary/aromatic N) is 2. The topological polar surface area (TPSA) is 78.9 Å². The van der Waals surface area contributed by atoms with Crippen LogP contribution < -0.4 is 16.0 Å². The van der Waals surface area contributed by atoms with Crippen LogP contribution in [-0.2, 0) is 6.42 Å². The molecule has 1 aromatic carbocycles. The molecule has 0 fully saturated rings. The molecule has 6 nitrogen and oxygen atoms in total. The zero-order valence-electron chi connectivity index (χ0n) is 16.7. The highest BCUT2D eigenvalue weighted by molar-refractivity contribution is 7.17. The molecule has 0 saturated carbocycles. The number of carbonyl (C=O) groups is 1. The first-order chi connectivity index (χ1) is 14.5. The molecule has 1 unspecified atom stereocenters. The van der Waals surface area contributed by atoms with E-state index in [1.807, 2.05) is 37.4 Å². The van der Waals surface area contributed by atoms with Crippen LogP contribution in [0.15, 0.2) is 42.6 Å². The first-order valence-electron chi connectivity index (χ1n) is 9.50. The van der Waals surface area contributed by atoms with Crippen molar-refractivity contribution in [3.63, 3.8) is 0 Å². The van der Waals surface area contributed by atoms with Crippen molar-refractivity contribution >= 4 is 46.4 Å². The predicted octanol–water partition coefficient (Wildman–Crippen LogP) is 4.50. The fraction of sp³-hybridized carbons (Fsp3) is 0.286. The van der Waals surface area contributed by atoms with E-state index in [9.17, 15) is 4.79 Å². The fourth-order valence-corrected chi connectivity index (χ4v) is 4.33. The summed E-state index contributed by atoms with van der Waals surface area (Å²) in [6.45, 7) is 0.777. The van der Waals surface area contributed by atoms with E-state index in [1.54, 1.807) is 19.3 Å². The Morgan fingerprint density at radius 2 is 2.00 bits per heavy atom. The van der Waals surface area contributed by atoms with Gasteiger partial charge in [-0.1, -0.05) is 29.3 Å². The molecule has 0 bridgehead atoms. The summed E-state index contributed by atoms with van der Waals surface area (Å²) in [7, 11) is 3.66. The Morgan fingerprint density at radius 1 is 1.17 bits per heavy atom. The molecule has 0 radical (unpaired) electrons. The van der Waals surface area contributed by atoms with Crippen LogP contribution in [0.4, 0.5) is 5.95 Å². The normalized spacial score (nSPS) is 11.9. The third-order valence-electron chi connectivity index (χ3n) is 4.52. The van der Waals surface area contributed by atoms with Crippen LogP contribution in [0.2, 0.25) is 10.0 Å². The van der Waals surface area contributed by atoms with Crippen LogP contribution in [0.25, 0.3) is 10.6 Å². The minimum Gasteiger partial charge on any atom is -0.357 e. The van der Waals surface area contributed by atoms with Crippen molar-refractivity contribution in [2.75, 3.05) is 26.0 Å². The van der Waals surface area contributed by atoms with E-state index < -0.39 is 0 Å². The number of benzene rings is 1. The summed E-state index contributed by atoms with van der Waals surface area (Å²) in [5.41, 5.74) is 1.73. The third-order valence-corrected chi connectivity index (χ3v) is 6.21. The van der Waals surface area contributed by atoms with Gasteiger partial charge in [0, 0.05) is 29.3 Å². The van der Waals surface area contributed by atoms with E-state index in [1.165, 1.54) is 11.3 Å². The molecule has 158 valence electrons. The number of aromatic nitrogens is 2. The maximum Gasteiger partial charge on any atom is 0.261 e. The van der Waals surface area contributed by atoms with Gasteiger partial charge in [-0.3, -0.25) is 4.79 Å². The zero-order valence-corrected chi connectivity index (χ0v) is 19.0. The molecule has 3 rings (SSSR count). The highest BCUT2D eigenvalue weighted by Crippen LogP contribution is 2.27. The van der Waals surface area contributed by atoms with E-state index >= 15 is 0 Å². The van der Waals surface area contributed by atoms with Gasteiger partial charge in [0.25, 0.3) is 5.91 Å². The highest BCUT2D eigenvalue weighted by atomic mass is 35.5. The lowest BCUT2D eigenvalue weighted by Crippen LogP contribution is -2.38. The van der Waals surface area contributed by atoms with Crippen LogP contribution in [0, 0.1) is 0 Å². The Labute approximate surface area is 190 Å². The minimum atomic E-state index is -0.111. The molecule has 0 aliphatic carbocycles. The van der Waals surface area contributed by atoms with Gasteiger partial charge in [0.15, 0.2) is 0 Å². The Kier molecular flexibility index (Phi) is 8.04. The summed E-state index contributed by atoms with van der Waals surface area (Å²) in [6, 6.07) is 10.9. The zero-order chi connectivity index (χ0) is 21.5. The quantitative estimate of drug-likeness (QED) is 0.435. The second-order valence-corrected chi connectivity index (χ2v) is 8.61. The van der Waals surface area contributed by atoms with E-state index in [4.69, 9.17) is 23.2 Å². The van der Waals surface area contributed by atoms with Gasteiger partial charge >= 0.3 is 0 Å². The number of thiophene rings is 1. The van der Waals surface area contributed by atoms with Gasteiger partial charge < -0.3 is 16.0 Å². The van der Waals surface area contributed by atoms with Gasteiger partial charge in [-0.15, -0.1) is 11.3 Å². The predicted molar refractivity (Wildman–Crippen MR) is 125 cm³/mol. The molecule has 3 N–H and O–H groups in total. The van der Waals surface area contributed by atoms with Crippen molar-refractivity contribution in [3.8, 4) is 10.6 Å². The molecule has 9 heteroatoms. The van der Waals surface area contributed by atoms with E-state index in [2.05, 4.69) is 25.9 Å². The Balaban J connectivity index is 1.73. The van der Waals surface area contributed by atoms with E-state index in [0.717, 1.165) is 29.1 Å². The summed E-state index contributed by atoms with van der Waals surface area (Å²) < 4.78 is 0. The largest absolute Gasteiger partial charge is 0.357 e. The van der Waals surface area contributed by atoms with Crippen LogP contribution >= 0.6 is 34.5 Å². The van der Waals surface area contributed by atoms with Gasteiger partial charge in [0.05, 0.1) is 15.4 Å². The average Bonchev–Trinajstić information content (AvgIpc) is 3.24. The molecule has 1 amide bonds. The van der Waals surface area contributed by atoms with Crippen molar-refractivity contribution in [2.24, 2.45) is 0 Å². The number of anilines is 1. The summed E-state index contributed by atoms with van der Waals surface area (Å²) in [5, 5.41) is 10.4. The smallest absolute Gasteiger partial charge is 0.261 e. The Morgan fingerprint density at radius 3 is 2.73 bits per heavy atom. The molecule has 2 heterocycles. The summed E-state index contributed by atoms with van der Waals surface area (Å²) in [5.74, 6) is 0.430. The second kappa shape index (κ2) is 10.7. The lowest BCUT2D eigenvalue weighted by molar-refractivity contribution is 0.0939. The average molecular weight is 464 g/mol. The molecule has 3 aromatic rings. The number of nitrogens with one attached hydrogen (secondary N) is 3. The number of amides is 1. The van der Waals surface area contributed by atoms with Gasteiger partial charge in [-0.05, 0) is 62.3 Å². The third kappa shape index (κ3) is 5.92. The lowest BCUT2D eigenvalue weighted by atomic mass is 10.0. The Hall–Kier alpha value is -2.19. The number of rotatable bonds is 9. The van der Waals surface area contributed by atoms with Gasteiger partial charge in [-0.25, -0.2) is 9.97 Å². The van der Waals surface area contributed by atoms with Crippen LogP contribution in [-0.4, -0.2) is 42.6 Å². The molecule has 0 aliphatic heterocycles. The molecule has 0 aliphatic rings. The molecular weight excluding hydrogens is 441 g/mol. The second-order valence-electron chi connectivity index (χ2n) is 6.68. The monoisotopic (exact) mass is 463 g/mol. The van der Waals surface area contributed by atoms with Crippen molar-refractivity contribution in [3.05, 3.63) is 63.1 Å². The first kappa shape index (κ1) is 22.5. The number of halogens is 2. The summed E-state index contributed by atoms with van der Waals surface area (Å²) in [6.07, 6.45) is 3.09. The van der Waals surface area contributed by atoms with Crippen LogP contribution in [0.5, 0.6) is 0 Å². The van der Waals surface area contributed by atoms with Crippen LogP contribution in [0.1, 0.15) is 21.7 Å². The highest BCUT2D eigenvalue weighted by Gasteiger charge is 2.18. The number of hydrogen-bond acceptors (Lipinski definition) is 6. The molecule has 30 heavy (non-hydrogen) atoms. The maximum atomic E-state index is 12.9. The standard InChI is InChI=1S/C21H23Cl2N5OS/c1-24-9-7-15(11-13-3-4-14(22)12-16(13)23)27-20(29)19-6-5-18(30-19)17-8-10-26-21(25-2)28-17/h3-6,8,10,12,15,24H,7,9,11H2,1-2H3,(H,27,29)(H,25,26,28). The van der Waals surface area contributed by atoms with Crippen molar-refractivity contribution in [1.82, 2.24) is 20.6 Å². The first-order valence-corrected chi connectivity index (χ1v) is 11.1. The van der Waals surface area contributed by atoms with E-state index in [-0.39, 0.29) is 11.9 Å². The fourth-order valence-electron chi connectivity index (χ4n) is 2.97. The molecule has 1 atom stereocenters. The van der Waals surface area contributed by atoms with Crippen molar-refractivity contribution in [2.45, 2.75) is 18.9 Å². The summed E-state index contributed by atoms with van der Waals surface area (Å²) in [4.78, 5) is 23.0. The van der Waals surface area contributed by atoms with Gasteiger partial charge in [0.1, 0.15) is 0 Å². The summed E-state index contributed by atoms with van der Waals surface area (Å²) >= 11 is 13.7. The van der Waals surface area contributed by atoms with E-state index in [0.29, 0.717) is 27.3 Å². The SMILES string of the molecule is CNCCC(Cc1ccc(Cl)cc1Cl)NC(=O)c1ccc(-c2ccnc(NC)n2)s1. The van der Waals surface area contributed by atoms with Crippen molar-refractivity contribution in [1.29, 1.82) is 0 Å². The molecule has 0 spiro atoms. The Bertz CT molecular complexity index is 1010. The van der Waals surface area contributed by atoms with Gasteiger partial charge in [0.2, 0.25) is 5.95 Å².